The molecule has 15 nitrogen and oxygen atoms in total. The van der Waals surface area contributed by atoms with Gasteiger partial charge in [0.2, 0.25) is 11.8 Å². The van der Waals surface area contributed by atoms with Gasteiger partial charge in [-0.3, -0.25) is 24.1 Å². The van der Waals surface area contributed by atoms with Crippen molar-refractivity contribution in [2.75, 3.05) is 42.8 Å². The van der Waals surface area contributed by atoms with Crippen molar-refractivity contribution in [3.63, 3.8) is 0 Å². The topological polar surface area (TPSA) is 187 Å². The quantitative estimate of drug-likeness (QED) is 0.0607. The molecule has 0 spiro atoms. The van der Waals surface area contributed by atoms with Crippen molar-refractivity contribution in [3.8, 4) is 28.0 Å². The van der Waals surface area contributed by atoms with Gasteiger partial charge in [-0.2, -0.15) is 18.4 Å². The number of carbonyl (C=O) groups is 4. The Hall–Kier alpha value is -6.92. The van der Waals surface area contributed by atoms with E-state index in [9.17, 15) is 42.7 Å². The van der Waals surface area contributed by atoms with Crippen LogP contribution in [0.15, 0.2) is 96.5 Å². The number of aliphatic hydroxyl groups excluding tert-OH is 1. The molecule has 0 saturated carbocycles. The Morgan fingerprint density at radius 3 is 2.24 bits per heavy atom. The number of alkyl halides is 3. The molecule has 5 aromatic rings. The minimum absolute atomic E-state index is 0.0298. The van der Waals surface area contributed by atoms with E-state index in [2.05, 4.69) is 15.6 Å². The molecule has 1 aromatic heterocycles. The first-order chi connectivity index (χ1) is 34.1. The molecule has 2 aliphatic heterocycles. The number of thiazole rings is 1. The number of hydrogen-bond acceptors (Lipinski definition) is 12. The number of aliphatic hydroxyl groups is 1. The molecular weight excluding hydrogens is 972 g/mol. The van der Waals surface area contributed by atoms with E-state index in [-0.39, 0.29) is 62.3 Å². The third-order valence-corrected chi connectivity index (χ3v) is 13.6. The average molecular weight is 1030 g/mol. The van der Waals surface area contributed by atoms with E-state index < -0.39 is 70.1 Å². The molecule has 4 amide bonds. The fraction of sp³-hybridized carbons (Fsp3) is 0.365. The molecule has 20 heteroatoms. The Morgan fingerprint density at radius 2 is 1.61 bits per heavy atom. The van der Waals surface area contributed by atoms with Crippen LogP contribution in [0.5, 0.6) is 11.5 Å². The molecule has 0 radical (unpaired) electrons. The number of benzene rings is 4. The van der Waals surface area contributed by atoms with Crippen LogP contribution in [0.4, 0.5) is 24.5 Å². The van der Waals surface area contributed by atoms with Crippen LogP contribution in [-0.4, -0.2) is 100 Å². The van der Waals surface area contributed by atoms with Crippen LogP contribution in [0.3, 0.4) is 0 Å². The van der Waals surface area contributed by atoms with Crippen molar-refractivity contribution in [2.24, 2.45) is 5.41 Å². The number of carbonyl (C=O) groups excluding carboxylic acids is 4. The minimum atomic E-state index is -4.82. The van der Waals surface area contributed by atoms with Gasteiger partial charge in [0.05, 0.1) is 58.3 Å². The van der Waals surface area contributed by atoms with Gasteiger partial charge < -0.3 is 39.8 Å². The van der Waals surface area contributed by atoms with E-state index >= 15 is 0 Å². The molecule has 2 saturated heterocycles. The Bertz CT molecular complexity index is 2860. The third kappa shape index (κ3) is 11.9. The predicted molar refractivity (Wildman–Crippen MR) is 268 cm³/mol. The zero-order valence-electron chi connectivity index (χ0n) is 40.4. The van der Waals surface area contributed by atoms with Crippen molar-refractivity contribution in [1.82, 2.24) is 20.5 Å². The molecule has 2 fully saturated rings. The van der Waals surface area contributed by atoms with Crippen molar-refractivity contribution in [3.05, 3.63) is 124 Å². The smallest absolute Gasteiger partial charge is 0.417 e. The van der Waals surface area contributed by atoms with Gasteiger partial charge >= 0.3 is 6.18 Å². The highest BCUT2D eigenvalue weighted by atomic mass is 32.1. The monoisotopic (exact) mass is 1030 g/mol. The fourth-order valence-corrected chi connectivity index (χ4v) is 9.75. The van der Waals surface area contributed by atoms with Gasteiger partial charge in [-0.25, -0.2) is 4.98 Å². The normalized spacial score (nSPS) is 17.2. The van der Waals surface area contributed by atoms with Crippen molar-refractivity contribution in [1.29, 1.82) is 5.26 Å². The number of ether oxygens (including phenoxy) is 3. The standard InChI is InChI=1S/C52H54F3N7O8S2/c1-31-43(72-30-58-31)33-12-10-32(11-13-33)28-57-46(65)42-26-38(63)29-60(42)47(66)44(50(2,3)4)59-45(64)34-8-7-9-40(24-34)70-23-21-68-20-22-69-39-18-16-36(17-19-39)62-49(71)61(48(67)51(62,5)6)37-15-14-35(27-56)41(25-37)52(53,54)55/h7-19,24-25,30,38,42,44,63H,20-23,26,28-29H2,1-6H3,(H,57,65)(H,59,64)/t38-,42+,44?/m1/s1. The van der Waals surface area contributed by atoms with E-state index in [4.69, 9.17) is 26.4 Å². The van der Waals surface area contributed by atoms with Gasteiger partial charge in [-0.1, -0.05) is 51.1 Å². The molecule has 3 atom stereocenters. The lowest BCUT2D eigenvalue weighted by atomic mass is 9.85. The summed E-state index contributed by atoms with van der Waals surface area (Å²) in [4.78, 5) is 64.3. The number of anilines is 2. The summed E-state index contributed by atoms with van der Waals surface area (Å²) in [5, 5.41) is 25.6. The number of halogens is 3. The summed E-state index contributed by atoms with van der Waals surface area (Å²) in [7, 11) is 0. The maximum Gasteiger partial charge on any atom is 0.417 e. The summed E-state index contributed by atoms with van der Waals surface area (Å²) < 4.78 is 58.6. The van der Waals surface area contributed by atoms with Gasteiger partial charge in [0.25, 0.3) is 11.8 Å². The SMILES string of the molecule is Cc1ncsc1-c1ccc(CNC(=O)[C@@H]2C[C@@H](O)CN2C(=O)C(NC(=O)c2cccc(OCCOCCOc3ccc(N4C(=S)N(c5ccc(C#N)c(C(F)(F)F)c5)C(=O)C4(C)C)cc3)c2)C(C)(C)C)cc1. The molecule has 0 bridgehead atoms. The Balaban J connectivity index is 0.864. The number of nitrogens with one attached hydrogen (secondary N) is 2. The molecular formula is C52H54F3N7O8S2. The van der Waals surface area contributed by atoms with Crippen LogP contribution in [0.2, 0.25) is 0 Å². The predicted octanol–water partition coefficient (Wildman–Crippen LogP) is 7.82. The zero-order valence-corrected chi connectivity index (χ0v) is 42.0. The van der Waals surface area contributed by atoms with Gasteiger partial charge in [-0.15, -0.1) is 11.3 Å². The number of rotatable bonds is 17. The lowest BCUT2D eigenvalue weighted by molar-refractivity contribution is -0.142. The number of nitrogens with zero attached hydrogens (tertiary/aromatic N) is 5. The summed E-state index contributed by atoms with van der Waals surface area (Å²) >= 11 is 7.18. The highest BCUT2D eigenvalue weighted by Gasteiger charge is 2.51. The van der Waals surface area contributed by atoms with Crippen LogP contribution in [0, 0.1) is 23.7 Å². The van der Waals surface area contributed by atoms with E-state index in [1.165, 1.54) is 17.0 Å². The molecule has 1 unspecified atom stereocenters. The first-order valence-electron chi connectivity index (χ1n) is 23.0. The first kappa shape index (κ1) is 52.9. The summed E-state index contributed by atoms with van der Waals surface area (Å²) in [5.74, 6) is -1.09. The average Bonchev–Trinajstić information content (AvgIpc) is 4.01. The van der Waals surface area contributed by atoms with Gasteiger partial charge in [0, 0.05) is 30.8 Å². The summed E-state index contributed by atoms with van der Waals surface area (Å²) in [6.45, 7) is 11.5. The number of amides is 4. The second-order valence-corrected chi connectivity index (χ2v) is 20.1. The summed E-state index contributed by atoms with van der Waals surface area (Å²) in [6.07, 6.45) is -5.67. The maximum absolute atomic E-state index is 14.2. The van der Waals surface area contributed by atoms with Crippen LogP contribution in [-0.2, 0) is 31.8 Å². The summed E-state index contributed by atoms with van der Waals surface area (Å²) in [5.41, 5.74) is 1.52. The molecule has 0 aliphatic carbocycles. The number of hydrogen-bond donors (Lipinski definition) is 3. The second-order valence-electron chi connectivity index (χ2n) is 18.8. The summed E-state index contributed by atoms with van der Waals surface area (Å²) in [6, 6.07) is 23.5. The minimum Gasteiger partial charge on any atom is -0.491 e. The van der Waals surface area contributed by atoms with Crippen molar-refractivity contribution < 1.29 is 51.7 Å². The lowest BCUT2D eigenvalue weighted by Gasteiger charge is -2.35. The number of aromatic nitrogens is 1. The van der Waals surface area contributed by atoms with Crippen molar-refractivity contribution >= 4 is 63.7 Å². The fourth-order valence-electron chi connectivity index (χ4n) is 8.41. The third-order valence-electron chi connectivity index (χ3n) is 12.2. The molecule has 378 valence electrons. The Morgan fingerprint density at radius 1 is 0.944 bits per heavy atom. The molecule has 72 heavy (non-hydrogen) atoms. The van der Waals surface area contributed by atoms with Gasteiger partial charge in [-0.05, 0) is 110 Å². The molecule has 4 aromatic carbocycles. The highest BCUT2D eigenvalue weighted by Crippen LogP contribution is 2.40. The van der Waals surface area contributed by atoms with Crippen LogP contribution in [0.25, 0.3) is 10.4 Å². The first-order valence-corrected chi connectivity index (χ1v) is 24.3. The van der Waals surface area contributed by atoms with Crippen LogP contribution >= 0.6 is 23.6 Å². The number of β-amino-alcohol motifs (C(OH)–C–C–N with tert-alkyl or cyclic N) is 1. The van der Waals surface area contributed by atoms with E-state index in [0.717, 1.165) is 38.7 Å². The highest BCUT2D eigenvalue weighted by molar-refractivity contribution is 7.81. The van der Waals surface area contributed by atoms with Crippen LogP contribution in [0.1, 0.15) is 73.8 Å². The van der Waals surface area contributed by atoms with Gasteiger partial charge in [0.1, 0.15) is 42.3 Å². The Kier molecular flexibility index (Phi) is 16.0. The largest absolute Gasteiger partial charge is 0.491 e. The van der Waals surface area contributed by atoms with E-state index in [0.29, 0.717) is 17.2 Å². The number of thiocarbonyl (C=S) groups is 1. The molecule has 3 N–H and O–H groups in total. The lowest BCUT2D eigenvalue weighted by Crippen LogP contribution is -2.57. The van der Waals surface area contributed by atoms with Crippen molar-refractivity contribution in [2.45, 2.75) is 84.4 Å². The second kappa shape index (κ2) is 21.8. The van der Waals surface area contributed by atoms with Gasteiger partial charge in [0.15, 0.2) is 5.11 Å². The maximum atomic E-state index is 14.2. The van der Waals surface area contributed by atoms with E-state index in [1.807, 2.05) is 52.0 Å². The zero-order chi connectivity index (χ0) is 52.1. The van der Waals surface area contributed by atoms with Crippen LogP contribution < -0.4 is 29.9 Å². The number of likely N-dealkylation sites (tertiary alicyclic amines) is 1. The van der Waals surface area contributed by atoms with E-state index in [1.54, 1.807) is 84.1 Å². The molecule has 2 aliphatic rings. The number of nitriles is 1. The number of aryl methyl sites for hydroxylation is 1. The Labute approximate surface area is 424 Å². The molecule has 7 rings (SSSR count). The molecule has 3 heterocycles.